The van der Waals surface area contributed by atoms with Crippen molar-refractivity contribution in [1.29, 1.82) is 0 Å². The average molecular weight is 362 g/mol. The van der Waals surface area contributed by atoms with Gasteiger partial charge in [0.2, 0.25) is 0 Å². The van der Waals surface area contributed by atoms with Crippen LogP contribution in [0.1, 0.15) is 16.1 Å². The van der Waals surface area contributed by atoms with Gasteiger partial charge in [0.25, 0.3) is 5.91 Å². The van der Waals surface area contributed by atoms with E-state index in [-0.39, 0.29) is 11.2 Å². The summed E-state index contributed by atoms with van der Waals surface area (Å²) in [4.78, 5) is 24.2. The van der Waals surface area contributed by atoms with Gasteiger partial charge in [-0.25, -0.2) is 0 Å². The van der Waals surface area contributed by atoms with Crippen LogP contribution in [-0.2, 0) is 6.42 Å². The molecule has 1 amide bonds. The second-order valence-corrected chi connectivity index (χ2v) is 6.06. The highest BCUT2D eigenvalue weighted by atomic mass is 35.5. The SMILES string of the molecule is O=C(NCCc1ccc(Cl)cc1Cl)c1cc(=O)c2ccccc2o1. The monoisotopic (exact) mass is 361 g/mol. The molecule has 0 spiro atoms. The van der Waals surface area contributed by atoms with Gasteiger partial charge in [-0.3, -0.25) is 9.59 Å². The summed E-state index contributed by atoms with van der Waals surface area (Å²) in [5.41, 5.74) is 1.01. The number of amides is 1. The van der Waals surface area contributed by atoms with Crippen LogP contribution in [-0.4, -0.2) is 12.5 Å². The van der Waals surface area contributed by atoms with Gasteiger partial charge >= 0.3 is 0 Å². The molecule has 4 nitrogen and oxygen atoms in total. The van der Waals surface area contributed by atoms with Crippen LogP contribution in [0.4, 0.5) is 0 Å². The summed E-state index contributed by atoms with van der Waals surface area (Å²) in [5.74, 6) is -0.455. The summed E-state index contributed by atoms with van der Waals surface area (Å²) in [7, 11) is 0. The van der Waals surface area contributed by atoms with Gasteiger partial charge in [0.1, 0.15) is 5.58 Å². The van der Waals surface area contributed by atoms with Gasteiger partial charge in [-0.1, -0.05) is 41.4 Å². The number of para-hydroxylation sites is 1. The lowest BCUT2D eigenvalue weighted by Gasteiger charge is -2.07. The molecule has 0 atom stereocenters. The molecule has 0 unspecified atom stereocenters. The maximum atomic E-state index is 12.2. The minimum Gasteiger partial charge on any atom is -0.451 e. The van der Waals surface area contributed by atoms with E-state index in [2.05, 4.69) is 5.32 Å². The number of carbonyl (C=O) groups is 1. The van der Waals surface area contributed by atoms with Gasteiger partial charge in [-0.05, 0) is 36.2 Å². The summed E-state index contributed by atoms with van der Waals surface area (Å²) < 4.78 is 5.49. The van der Waals surface area contributed by atoms with Crippen LogP contribution < -0.4 is 10.7 Å². The van der Waals surface area contributed by atoms with E-state index < -0.39 is 5.91 Å². The van der Waals surface area contributed by atoms with Crippen molar-refractivity contribution in [2.45, 2.75) is 6.42 Å². The molecule has 122 valence electrons. The average Bonchev–Trinajstić information content (AvgIpc) is 2.56. The molecule has 0 saturated carbocycles. The molecule has 2 aromatic carbocycles. The fraction of sp³-hybridized carbons (Fsp3) is 0.111. The Morgan fingerprint density at radius 3 is 2.67 bits per heavy atom. The third-order valence-corrected chi connectivity index (χ3v) is 4.14. The number of hydrogen-bond acceptors (Lipinski definition) is 3. The Labute approximate surface area is 148 Å². The minimum atomic E-state index is -0.442. The highest BCUT2D eigenvalue weighted by Gasteiger charge is 2.12. The van der Waals surface area contributed by atoms with Gasteiger partial charge in [0, 0.05) is 22.7 Å². The van der Waals surface area contributed by atoms with Crippen LogP contribution in [0, 0.1) is 0 Å². The fourth-order valence-corrected chi connectivity index (χ4v) is 2.84. The Hall–Kier alpha value is -2.30. The lowest BCUT2D eigenvalue weighted by atomic mass is 10.1. The molecule has 3 rings (SSSR count). The summed E-state index contributed by atoms with van der Waals surface area (Å²) in [6.07, 6.45) is 0.541. The molecule has 0 aliphatic rings. The summed E-state index contributed by atoms with van der Waals surface area (Å²) in [6.45, 7) is 0.358. The molecule has 0 fully saturated rings. The first-order chi connectivity index (χ1) is 11.5. The van der Waals surface area contributed by atoms with Crippen LogP contribution in [0.3, 0.4) is 0 Å². The van der Waals surface area contributed by atoms with Crippen LogP contribution in [0.5, 0.6) is 0 Å². The number of nitrogens with one attached hydrogen (secondary N) is 1. The van der Waals surface area contributed by atoms with Crippen LogP contribution in [0.2, 0.25) is 10.0 Å². The maximum Gasteiger partial charge on any atom is 0.287 e. The number of fused-ring (bicyclic) bond motifs is 1. The van der Waals surface area contributed by atoms with E-state index in [0.29, 0.717) is 34.0 Å². The van der Waals surface area contributed by atoms with Crippen molar-refractivity contribution in [3.05, 3.63) is 80.1 Å². The van der Waals surface area contributed by atoms with Crippen LogP contribution in [0.25, 0.3) is 11.0 Å². The Kier molecular flexibility index (Phi) is 4.88. The zero-order valence-electron chi connectivity index (χ0n) is 12.5. The van der Waals surface area contributed by atoms with Crippen molar-refractivity contribution < 1.29 is 9.21 Å². The van der Waals surface area contributed by atoms with Crippen molar-refractivity contribution in [1.82, 2.24) is 5.32 Å². The fourth-order valence-electron chi connectivity index (χ4n) is 2.34. The Morgan fingerprint density at radius 2 is 1.88 bits per heavy atom. The molecule has 0 bridgehead atoms. The highest BCUT2D eigenvalue weighted by Crippen LogP contribution is 2.21. The second-order valence-electron chi connectivity index (χ2n) is 5.21. The summed E-state index contributed by atoms with van der Waals surface area (Å²) in [5, 5.41) is 4.28. The van der Waals surface area contributed by atoms with E-state index in [1.54, 1.807) is 36.4 Å². The lowest BCUT2D eigenvalue weighted by molar-refractivity contribution is 0.0927. The number of halogens is 2. The van der Waals surface area contributed by atoms with Crippen molar-refractivity contribution in [3.63, 3.8) is 0 Å². The first kappa shape index (κ1) is 16.6. The van der Waals surface area contributed by atoms with E-state index in [9.17, 15) is 9.59 Å². The largest absolute Gasteiger partial charge is 0.451 e. The van der Waals surface area contributed by atoms with Crippen molar-refractivity contribution >= 4 is 40.1 Å². The quantitative estimate of drug-likeness (QED) is 0.761. The Balaban J connectivity index is 1.70. The molecule has 6 heteroatoms. The predicted molar refractivity (Wildman–Crippen MR) is 95.0 cm³/mol. The third kappa shape index (κ3) is 3.61. The van der Waals surface area contributed by atoms with Crippen LogP contribution >= 0.6 is 23.2 Å². The zero-order valence-corrected chi connectivity index (χ0v) is 14.0. The van der Waals surface area contributed by atoms with E-state index in [0.717, 1.165) is 5.56 Å². The number of hydrogen-bond donors (Lipinski definition) is 1. The molecular formula is C18H13Cl2NO3. The second kappa shape index (κ2) is 7.07. The van der Waals surface area contributed by atoms with Crippen molar-refractivity contribution in [3.8, 4) is 0 Å². The Morgan fingerprint density at radius 1 is 1.08 bits per heavy atom. The smallest absolute Gasteiger partial charge is 0.287 e. The first-order valence-electron chi connectivity index (χ1n) is 7.29. The first-order valence-corrected chi connectivity index (χ1v) is 8.05. The Bertz CT molecular complexity index is 966. The summed E-state index contributed by atoms with van der Waals surface area (Å²) >= 11 is 11.9. The molecule has 0 aliphatic carbocycles. The van der Waals surface area contributed by atoms with Gasteiger partial charge < -0.3 is 9.73 Å². The molecule has 0 aliphatic heterocycles. The lowest BCUT2D eigenvalue weighted by Crippen LogP contribution is -2.26. The van der Waals surface area contributed by atoms with E-state index in [1.165, 1.54) is 6.07 Å². The molecular weight excluding hydrogens is 349 g/mol. The zero-order chi connectivity index (χ0) is 17.1. The highest BCUT2D eigenvalue weighted by molar-refractivity contribution is 6.35. The molecule has 3 aromatic rings. The van der Waals surface area contributed by atoms with Gasteiger partial charge in [0.15, 0.2) is 11.2 Å². The van der Waals surface area contributed by atoms with E-state index in [4.69, 9.17) is 27.6 Å². The normalized spacial score (nSPS) is 10.8. The van der Waals surface area contributed by atoms with Crippen LogP contribution in [0.15, 0.2) is 57.7 Å². The minimum absolute atomic E-state index is 0.0131. The molecule has 24 heavy (non-hydrogen) atoms. The summed E-state index contributed by atoms with van der Waals surface area (Å²) in [6, 6.07) is 13.2. The van der Waals surface area contributed by atoms with E-state index in [1.807, 2.05) is 6.07 Å². The van der Waals surface area contributed by atoms with E-state index >= 15 is 0 Å². The predicted octanol–water partition coefficient (Wildman–Crippen LogP) is 4.07. The third-order valence-electron chi connectivity index (χ3n) is 3.55. The number of benzene rings is 2. The number of carbonyl (C=O) groups excluding carboxylic acids is 1. The van der Waals surface area contributed by atoms with Gasteiger partial charge in [-0.2, -0.15) is 0 Å². The maximum absolute atomic E-state index is 12.2. The molecule has 1 N–H and O–H groups in total. The van der Waals surface area contributed by atoms with Crippen molar-refractivity contribution in [2.24, 2.45) is 0 Å². The van der Waals surface area contributed by atoms with Gasteiger partial charge in [-0.15, -0.1) is 0 Å². The standard InChI is InChI=1S/C18H13Cl2NO3/c19-12-6-5-11(14(20)9-12)7-8-21-18(23)17-10-15(22)13-3-1-2-4-16(13)24-17/h1-6,9-10H,7-8H2,(H,21,23). The molecule has 0 saturated heterocycles. The molecule has 1 heterocycles. The van der Waals surface area contributed by atoms with Gasteiger partial charge in [0.05, 0.1) is 5.39 Å². The molecule has 0 radical (unpaired) electrons. The van der Waals surface area contributed by atoms with Crippen molar-refractivity contribution in [2.75, 3.05) is 6.54 Å². The number of rotatable bonds is 4. The molecule has 1 aromatic heterocycles. The topological polar surface area (TPSA) is 59.3 Å².